The smallest absolute Gasteiger partial charge is 0.359 e. The summed E-state index contributed by atoms with van der Waals surface area (Å²) < 4.78 is 31.1. The summed E-state index contributed by atoms with van der Waals surface area (Å²) in [7, 11) is -3.98. The van der Waals surface area contributed by atoms with Crippen LogP contribution in [0.5, 0.6) is 0 Å². The number of para-hydroxylation sites is 2. The lowest BCUT2D eigenvalue weighted by Gasteiger charge is -2.16. The number of ether oxygens (including phenoxy) is 1. The lowest BCUT2D eigenvalue weighted by Crippen LogP contribution is -2.32. The van der Waals surface area contributed by atoms with Gasteiger partial charge in [0, 0.05) is 12.6 Å². The molecule has 3 rings (SSSR count). The van der Waals surface area contributed by atoms with Gasteiger partial charge in [-0.3, -0.25) is 14.6 Å². The van der Waals surface area contributed by atoms with Crippen molar-refractivity contribution in [1.29, 1.82) is 0 Å². The van der Waals surface area contributed by atoms with Crippen molar-refractivity contribution in [3.63, 3.8) is 0 Å². The van der Waals surface area contributed by atoms with E-state index in [1.807, 2.05) is 4.72 Å². The number of benzene rings is 2. The number of aromatic nitrogens is 2. The molecule has 2 N–H and O–H groups in total. The number of carbonyl (C=O) groups excluding carboxylic acids is 3. The van der Waals surface area contributed by atoms with Crippen molar-refractivity contribution < 1.29 is 27.5 Å². The summed E-state index contributed by atoms with van der Waals surface area (Å²) in [6, 6.07) is 12.2. The van der Waals surface area contributed by atoms with E-state index in [0.29, 0.717) is 11.0 Å². The molecule has 3 aromatic rings. The number of anilines is 1. The van der Waals surface area contributed by atoms with E-state index < -0.39 is 33.9 Å². The van der Waals surface area contributed by atoms with Crippen LogP contribution in [0.3, 0.4) is 0 Å². The molecule has 0 aliphatic carbocycles. The molecule has 0 bridgehead atoms. The van der Waals surface area contributed by atoms with Gasteiger partial charge in [-0.25, -0.2) is 22.9 Å². The third kappa shape index (κ3) is 5.43. The third-order valence-corrected chi connectivity index (χ3v) is 5.73. The van der Waals surface area contributed by atoms with Gasteiger partial charge < -0.3 is 10.1 Å². The third-order valence-electron chi connectivity index (χ3n) is 4.28. The second kappa shape index (κ2) is 9.52. The fraction of sp³-hybridized carbons (Fsp3) is 0.190. The first-order chi connectivity index (χ1) is 15.2. The normalized spacial score (nSPS) is 12.1. The molecule has 166 valence electrons. The summed E-state index contributed by atoms with van der Waals surface area (Å²) in [5, 5.41) is 2.56. The number of nitrogens with zero attached hydrogens (tertiary/aromatic N) is 2. The van der Waals surface area contributed by atoms with Crippen molar-refractivity contribution in [3.05, 3.63) is 60.4 Å². The standard InChI is InChI=1S/C21H20N4O6S/c1-3-19(31-21(28)18-12-22-16-6-4-5-7-17(16)24-18)20(27)23-14-8-10-15(11-9-14)32(29,30)25-13(2)26/h4-12,19H,3H2,1-2H3,(H,23,27)(H,25,26). The molecule has 11 heteroatoms. The van der Waals surface area contributed by atoms with Gasteiger partial charge in [-0.2, -0.15) is 0 Å². The monoisotopic (exact) mass is 456 g/mol. The molecule has 10 nitrogen and oxygen atoms in total. The first kappa shape index (κ1) is 22.8. The fourth-order valence-corrected chi connectivity index (χ4v) is 3.75. The Morgan fingerprint density at radius 2 is 1.69 bits per heavy atom. The Labute approximate surface area is 184 Å². The molecule has 2 amide bonds. The molecule has 1 heterocycles. The van der Waals surface area contributed by atoms with Crippen LogP contribution in [0.2, 0.25) is 0 Å². The van der Waals surface area contributed by atoms with E-state index >= 15 is 0 Å². The molecular weight excluding hydrogens is 436 g/mol. The van der Waals surface area contributed by atoms with Gasteiger partial charge in [-0.15, -0.1) is 0 Å². The number of sulfonamides is 1. The first-order valence-corrected chi connectivity index (χ1v) is 11.0. The van der Waals surface area contributed by atoms with Crippen LogP contribution in [0.25, 0.3) is 11.0 Å². The molecule has 0 aliphatic rings. The number of carbonyl (C=O) groups is 3. The van der Waals surface area contributed by atoms with E-state index in [4.69, 9.17) is 4.74 Å². The number of hydrogen-bond acceptors (Lipinski definition) is 8. The van der Waals surface area contributed by atoms with Crippen molar-refractivity contribution in [2.24, 2.45) is 0 Å². The summed E-state index contributed by atoms with van der Waals surface area (Å²) in [5.41, 5.74) is 1.41. The van der Waals surface area contributed by atoms with Crippen LogP contribution >= 0.6 is 0 Å². The molecule has 0 fully saturated rings. The van der Waals surface area contributed by atoms with Crippen molar-refractivity contribution >= 4 is 44.5 Å². The number of nitrogens with one attached hydrogen (secondary N) is 2. The molecule has 0 radical (unpaired) electrons. The number of hydrogen-bond donors (Lipinski definition) is 2. The molecular formula is C21H20N4O6S. The van der Waals surface area contributed by atoms with Gasteiger partial charge in [0.1, 0.15) is 0 Å². The largest absolute Gasteiger partial charge is 0.447 e. The highest BCUT2D eigenvalue weighted by Crippen LogP contribution is 2.16. The van der Waals surface area contributed by atoms with Gasteiger partial charge in [0.15, 0.2) is 11.8 Å². The topological polar surface area (TPSA) is 144 Å². The van der Waals surface area contributed by atoms with E-state index in [1.165, 1.54) is 30.5 Å². The van der Waals surface area contributed by atoms with Crippen LogP contribution in [0, 0.1) is 0 Å². The lowest BCUT2D eigenvalue weighted by molar-refractivity contribution is -0.124. The van der Waals surface area contributed by atoms with E-state index in [-0.39, 0.29) is 22.7 Å². The molecule has 1 unspecified atom stereocenters. The lowest BCUT2D eigenvalue weighted by atomic mass is 10.2. The van der Waals surface area contributed by atoms with E-state index in [9.17, 15) is 22.8 Å². The number of rotatable bonds is 7. The quantitative estimate of drug-likeness (QED) is 0.514. The van der Waals surface area contributed by atoms with Gasteiger partial charge in [0.05, 0.1) is 22.1 Å². The highest BCUT2D eigenvalue weighted by Gasteiger charge is 2.23. The van der Waals surface area contributed by atoms with E-state index in [2.05, 4.69) is 15.3 Å². The zero-order chi connectivity index (χ0) is 23.3. The highest BCUT2D eigenvalue weighted by atomic mass is 32.2. The first-order valence-electron chi connectivity index (χ1n) is 9.56. The van der Waals surface area contributed by atoms with Gasteiger partial charge in [0.25, 0.3) is 15.9 Å². The maximum atomic E-state index is 12.6. The average Bonchev–Trinajstić information content (AvgIpc) is 2.76. The van der Waals surface area contributed by atoms with Gasteiger partial charge in [0.2, 0.25) is 5.91 Å². The molecule has 0 saturated heterocycles. The van der Waals surface area contributed by atoms with Crippen molar-refractivity contribution in [1.82, 2.24) is 14.7 Å². The Bertz CT molecular complexity index is 1270. The highest BCUT2D eigenvalue weighted by molar-refractivity contribution is 7.90. The van der Waals surface area contributed by atoms with Crippen molar-refractivity contribution in [3.8, 4) is 0 Å². The minimum Gasteiger partial charge on any atom is -0.447 e. The number of fused-ring (bicyclic) bond motifs is 1. The summed E-state index contributed by atoms with van der Waals surface area (Å²) in [4.78, 5) is 44.2. The minimum atomic E-state index is -3.98. The Kier molecular flexibility index (Phi) is 6.79. The molecule has 1 atom stereocenters. The number of esters is 1. The predicted molar refractivity (Wildman–Crippen MR) is 115 cm³/mol. The molecule has 2 aromatic carbocycles. The van der Waals surface area contributed by atoms with Gasteiger partial charge >= 0.3 is 5.97 Å². The van der Waals surface area contributed by atoms with Crippen LogP contribution in [0.4, 0.5) is 5.69 Å². The molecule has 1 aromatic heterocycles. The maximum absolute atomic E-state index is 12.6. The molecule has 0 saturated carbocycles. The molecule has 32 heavy (non-hydrogen) atoms. The van der Waals surface area contributed by atoms with Crippen LogP contribution in [-0.2, 0) is 24.3 Å². The van der Waals surface area contributed by atoms with Crippen LogP contribution < -0.4 is 10.0 Å². The van der Waals surface area contributed by atoms with Crippen LogP contribution in [-0.4, -0.2) is 42.3 Å². The zero-order valence-electron chi connectivity index (χ0n) is 17.2. The Morgan fingerprint density at radius 1 is 1.03 bits per heavy atom. The average molecular weight is 456 g/mol. The SMILES string of the molecule is CCC(OC(=O)c1cnc2ccccc2n1)C(=O)Nc1ccc(S(=O)(=O)NC(C)=O)cc1. The van der Waals surface area contributed by atoms with Crippen molar-refractivity contribution in [2.75, 3.05) is 5.32 Å². The summed E-state index contributed by atoms with van der Waals surface area (Å²) >= 11 is 0. The molecule has 0 aliphatic heterocycles. The van der Waals surface area contributed by atoms with E-state index in [0.717, 1.165) is 6.92 Å². The van der Waals surface area contributed by atoms with Gasteiger partial charge in [-0.05, 0) is 42.8 Å². The van der Waals surface area contributed by atoms with Crippen molar-refractivity contribution in [2.45, 2.75) is 31.3 Å². The Hall–Kier alpha value is -3.86. The maximum Gasteiger partial charge on any atom is 0.359 e. The predicted octanol–water partition coefficient (Wildman–Crippen LogP) is 2.03. The van der Waals surface area contributed by atoms with E-state index in [1.54, 1.807) is 31.2 Å². The Morgan fingerprint density at radius 3 is 2.31 bits per heavy atom. The summed E-state index contributed by atoms with van der Waals surface area (Å²) in [6.45, 7) is 2.76. The second-order valence-corrected chi connectivity index (χ2v) is 8.40. The fourth-order valence-electron chi connectivity index (χ4n) is 2.76. The minimum absolute atomic E-state index is 0.0255. The Balaban J connectivity index is 1.67. The van der Waals surface area contributed by atoms with Crippen LogP contribution in [0.15, 0.2) is 59.6 Å². The number of amides is 2. The summed E-state index contributed by atoms with van der Waals surface area (Å²) in [6.07, 6.45) is 0.385. The van der Waals surface area contributed by atoms with Crippen LogP contribution in [0.1, 0.15) is 30.8 Å². The molecule has 0 spiro atoms. The van der Waals surface area contributed by atoms with Gasteiger partial charge in [-0.1, -0.05) is 19.1 Å². The second-order valence-electron chi connectivity index (χ2n) is 6.72. The zero-order valence-corrected chi connectivity index (χ0v) is 18.0. The summed E-state index contributed by atoms with van der Waals surface area (Å²) in [5.74, 6) is -2.10.